The molecule has 0 aliphatic carbocycles. The molecule has 0 saturated carbocycles. The van der Waals surface area contributed by atoms with Crippen molar-refractivity contribution < 1.29 is 9.18 Å². The standard InChI is InChI=1S/C15H14FNOS/c1-10-2-7-13(19)8-14(10)15(18)17-9-11-3-5-12(16)6-4-11/h2-8,19H,9H2,1H3,(H,17,18). The maximum Gasteiger partial charge on any atom is 0.251 e. The maximum absolute atomic E-state index is 12.8. The Morgan fingerprint density at radius 2 is 1.89 bits per heavy atom. The summed E-state index contributed by atoms with van der Waals surface area (Å²) in [5.41, 5.74) is 2.36. The van der Waals surface area contributed by atoms with E-state index in [0.717, 1.165) is 16.0 Å². The number of amides is 1. The summed E-state index contributed by atoms with van der Waals surface area (Å²) in [6.07, 6.45) is 0. The smallest absolute Gasteiger partial charge is 0.251 e. The molecule has 2 nitrogen and oxygen atoms in total. The highest BCUT2D eigenvalue weighted by molar-refractivity contribution is 7.80. The van der Waals surface area contributed by atoms with Gasteiger partial charge in [-0.25, -0.2) is 4.39 Å². The number of carbonyl (C=O) groups is 1. The number of thiol groups is 1. The maximum atomic E-state index is 12.8. The number of aryl methyl sites for hydroxylation is 1. The summed E-state index contributed by atoms with van der Waals surface area (Å²) in [5.74, 6) is -0.438. The van der Waals surface area contributed by atoms with Crippen LogP contribution in [0.2, 0.25) is 0 Å². The number of benzene rings is 2. The normalized spacial score (nSPS) is 10.3. The summed E-state index contributed by atoms with van der Waals surface area (Å²) < 4.78 is 12.8. The van der Waals surface area contributed by atoms with Crippen LogP contribution < -0.4 is 5.32 Å². The van der Waals surface area contributed by atoms with E-state index in [-0.39, 0.29) is 11.7 Å². The molecule has 0 atom stereocenters. The molecule has 0 bridgehead atoms. The van der Waals surface area contributed by atoms with E-state index in [1.807, 2.05) is 19.1 Å². The third-order valence-corrected chi connectivity index (χ3v) is 3.11. The molecule has 0 aromatic heterocycles. The molecule has 19 heavy (non-hydrogen) atoms. The van der Waals surface area contributed by atoms with Crippen LogP contribution in [0.5, 0.6) is 0 Å². The molecule has 2 aromatic carbocycles. The SMILES string of the molecule is Cc1ccc(S)cc1C(=O)NCc1ccc(F)cc1. The molecular formula is C15H14FNOS. The number of rotatable bonds is 3. The van der Waals surface area contributed by atoms with Gasteiger partial charge in [0.25, 0.3) is 5.91 Å². The molecule has 0 saturated heterocycles. The van der Waals surface area contributed by atoms with Gasteiger partial charge in [0.05, 0.1) is 0 Å². The molecular weight excluding hydrogens is 261 g/mol. The van der Waals surface area contributed by atoms with Gasteiger partial charge in [-0.1, -0.05) is 18.2 Å². The Labute approximate surface area is 117 Å². The zero-order chi connectivity index (χ0) is 13.8. The molecule has 2 aromatic rings. The summed E-state index contributed by atoms with van der Waals surface area (Å²) in [5, 5.41) is 2.81. The van der Waals surface area contributed by atoms with Crippen LogP contribution in [0.3, 0.4) is 0 Å². The quantitative estimate of drug-likeness (QED) is 0.826. The fourth-order valence-electron chi connectivity index (χ4n) is 1.73. The summed E-state index contributed by atoms with van der Waals surface area (Å²) in [4.78, 5) is 12.8. The third kappa shape index (κ3) is 3.58. The number of nitrogens with one attached hydrogen (secondary N) is 1. The topological polar surface area (TPSA) is 29.1 Å². The van der Waals surface area contributed by atoms with Crippen molar-refractivity contribution >= 4 is 18.5 Å². The van der Waals surface area contributed by atoms with Gasteiger partial charge < -0.3 is 5.32 Å². The number of carbonyl (C=O) groups excluding carboxylic acids is 1. The Balaban J connectivity index is 2.05. The van der Waals surface area contributed by atoms with Crippen molar-refractivity contribution in [3.8, 4) is 0 Å². The van der Waals surface area contributed by atoms with E-state index in [0.29, 0.717) is 12.1 Å². The first-order valence-electron chi connectivity index (χ1n) is 5.88. The first-order valence-corrected chi connectivity index (χ1v) is 6.33. The zero-order valence-electron chi connectivity index (χ0n) is 10.5. The predicted octanol–water partition coefficient (Wildman–Crippen LogP) is 3.35. The van der Waals surface area contributed by atoms with Gasteiger partial charge in [-0.15, -0.1) is 12.6 Å². The summed E-state index contributed by atoms with van der Waals surface area (Å²) in [7, 11) is 0. The predicted molar refractivity (Wildman–Crippen MR) is 76.0 cm³/mol. The Bertz CT molecular complexity index is 596. The van der Waals surface area contributed by atoms with Crippen molar-refractivity contribution in [1.29, 1.82) is 0 Å². The highest BCUT2D eigenvalue weighted by Gasteiger charge is 2.08. The molecule has 4 heteroatoms. The van der Waals surface area contributed by atoms with Crippen LogP contribution in [-0.2, 0) is 6.54 Å². The Hall–Kier alpha value is -1.81. The minimum absolute atomic E-state index is 0.155. The minimum atomic E-state index is -0.284. The molecule has 2 rings (SSSR count). The largest absolute Gasteiger partial charge is 0.348 e. The zero-order valence-corrected chi connectivity index (χ0v) is 11.4. The van der Waals surface area contributed by atoms with Crippen LogP contribution in [0, 0.1) is 12.7 Å². The van der Waals surface area contributed by atoms with Crippen molar-refractivity contribution in [3.63, 3.8) is 0 Å². The van der Waals surface area contributed by atoms with Gasteiger partial charge in [-0.3, -0.25) is 4.79 Å². The van der Waals surface area contributed by atoms with E-state index in [2.05, 4.69) is 17.9 Å². The molecule has 0 spiro atoms. The fourth-order valence-corrected chi connectivity index (χ4v) is 1.94. The van der Waals surface area contributed by atoms with Gasteiger partial charge in [0, 0.05) is 17.0 Å². The second-order valence-corrected chi connectivity index (χ2v) is 4.82. The van der Waals surface area contributed by atoms with Crippen molar-refractivity contribution in [2.75, 3.05) is 0 Å². The van der Waals surface area contributed by atoms with Gasteiger partial charge in [0.1, 0.15) is 5.82 Å². The van der Waals surface area contributed by atoms with E-state index < -0.39 is 0 Å². The first kappa shape index (κ1) is 13.6. The van der Waals surface area contributed by atoms with Crippen molar-refractivity contribution in [2.45, 2.75) is 18.4 Å². The summed E-state index contributed by atoms with van der Waals surface area (Å²) >= 11 is 4.22. The lowest BCUT2D eigenvalue weighted by Gasteiger charge is -2.08. The van der Waals surface area contributed by atoms with Crippen LogP contribution in [0.25, 0.3) is 0 Å². The van der Waals surface area contributed by atoms with Crippen molar-refractivity contribution in [2.24, 2.45) is 0 Å². The lowest BCUT2D eigenvalue weighted by molar-refractivity contribution is 0.0950. The number of hydrogen-bond acceptors (Lipinski definition) is 2. The van der Waals surface area contributed by atoms with Crippen molar-refractivity contribution in [3.05, 3.63) is 65.0 Å². The molecule has 0 aliphatic rings. The molecule has 0 radical (unpaired) electrons. The van der Waals surface area contributed by atoms with Crippen LogP contribution in [0.4, 0.5) is 4.39 Å². The van der Waals surface area contributed by atoms with Gasteiger partial charge >= 0.3 is 0 Å². The average Bonchev–Trinajstić information content (AvgIpc) is 2.40. The van der Waals surface area contributed by atoms with E-state index in [4.69, 9.17) is 0 Å². The van der Waals surface area contributed by atoms with Crippen molar-refractivity contribution in [1.82, 2.24) is 5.32 Å². The van der Waals surface area contributed by atoms with E-state index in [9.17, 15) is 9.18 Å². The lowest BCUT2D eigenvalue weighted by atomic mass is 10.1. The van der Waals surface area contributed by atoms with E-state index >= 15 is 0 Å². The van der Waals surface area contributed by atoms with Crippen LogP contribution in [-0.4, -0.2) is 5.91 Å². The van der Waals surface area contributed by atoms with E-state index in [1.165, 1.54) is 12.1 Å². The number of halogens is 1. The van der Waals surface area contributed by atoms with Crippen LogP contribution in [0.1, 0.15) is 21.5 Å². The Morgan fingerprint density at radius 3 is 2.58 bits per heavy atom. The van der Waals surface area contributed by atoms with Gasteiger partial charge in [0.15, 0.2) is 0 Å². The second-order valence-electron chi connectivity index (χ2n) is 4.31. The fraction of sp³-hybridized carbons (Fsp3) is 0.133. The highest BCUT2D eigenvalue weighted by atomic mass is 32.1. The molecule has 1 N–H and O–H groups in total. The monoisotopic (exact) mass is 275 g/mol. The summed E-state index contributed by atoms with van der Waals surface area (Å²) in [6, 6.07) is 11.5. The molecule has 0 fully saturated rings. The molecule has 1 amide bonds. The van der Waals surface area contributed by atoms with E-state index in [1.54, 1.807) is 18.2 Å². The van der Waals surface area contributed by atoms with Gasteiger partial charge in [-0.2, -0.15) is 0 Å². The minimum Gasteiger partial charge on any atom is -0.348 e. The summed E-state index contributed by atoms with van der Waals surface area (Å²) in [6.45, 7) is 2.25. The molecule has 0 heterocycles. The Morgan fingerprint density at radius 1 is 1.21 bits per heavy atom. The first-order chi connectivity index (χ1) is 9.06. The van der Waals surface area contributed by atoms with Crippen LogP contribution in [0.15, 0.2) is 47.4 Å². The van der Waals surface area contributed by atoms with Crippen LogP contribution >= 0.6 is 12.6 Å². The Kier molecular flexibility index (Phi) is 4.22. The molecule has 98 valence electrons. The van der Waals surface area contributed by atoms with Gasteiger partial charge in [0.2, 0.25) is 0 Å². The lowest BCUT2D eigenvalue weighted by Crippen LogP contribution is -2.23. The van der Waals surface area contributed by atoms with Gasteiger partial charge in [-0.05, 0) is 42.3 Å². The average molecular weight is 275 g/mol. The number of hydrogen-bond donors (Lipinski definition) is 2. The molecule has 0 unspecified atom stereocenters. The molecule has 0 aliphatic heterocycles. The second kappa shape index (κ2) is 5.89. The highest BCUT2D eigenvalue weighted by Crippen LogP contribution is 2.14. The third-order valence-electron chi connectivity index (χ3n) is 2.83.